The molecule has 7 nitrogen and oxygen atoms in total. The van der Waals surface area contributed by atoms with Crippen LogP contribution in [0.1, 0.15) is 6.42 Å². The summed E-state index contributed by atoms with van der Waals surface area (Å²) in [4.78, 5) is 9.97. The van der Waals surface area contributed by atoms with Crippen LogP contribution in [0.15, 0.2) is 23.1 Å². The van der Waals surface area contributed by atoms with Crippen molar-refractivity contribution in [3.8, 4) is 0 Å². The van der Waals surface area contributed by atoms with Gasteiger partial charge in [-0.2, -0.15) is 4.31 Å². The normalized spacial score (nSPS) is 18.9. The zero-order valence-electron chi connectivity index (χ0n) is 11.9. The number of rotatable bonds is 5. The van der Waals surface area contributed by atoms with Crippen LogP contribution >= 0.6 is 24.0 Å². The SMILES string of the molecule is CNCC1CCN(S(=O)(=O)c2ccc([N+](=O)[O-])cc2Cl)C1.Cl. The highest BCUT2D eigenvalue weighted by Crippen LogP contribution is 2.31. The van der Waals surface area contributed by atoms with E-state index in [1.807, 2.05) is 7.05 Å². The van der Waals surface area contributed by atoms with Crippen molar-refractivity contribution in [2.24, 2.45) is 5.92 Å². The third-order valence-electron chi connectivity index (χ3n) is 3.49. The number of hydrogen-bond donors (Lipinski definition) is 1. The van der Waals surface area contributed by atoms with Crippen LogP contribution in [-0.2, 0) is 10.0 Å². The lowest BCUT2D eigenvalue weighted by molar-refractivity contribution is -0.384. The first-order valence-corrected chi connectivity index (χ1v) is 8.26. The van der Waals surface area contributed by atoms with E-state index < -0.39 is 14.9 Å². The molecule has 1 fully saturated rings. The fourth-order valence-corrected chi connectivity index (χ4v) is 4.47. The van der Waals surface area contributed by atoms with Gasteiger partial charge < -0.3 is 5.32 Å². The third-order valence-corrected chi connectivity index (χ3v) is 5.83. The Morgan fingerprint density at radius 1 is 1.50 bits per heavy atom. The summed E-state index contributed by atoms with van der Waals surface area (Å²) in [6.45, 7) is 1.61. The summed E-state index contributed by atoms with van der Waals surface area (Å²) in [6, 6.07) is 3.41. The minimum Gasteiger partial charge on any atom is -0.319 e. The third kappa shape index (κ3) is 3.88. The molecule has 22 heavy (non-hydrogen) atoms. The number of nitro groups is 1. The smallest absolute Gasteiger partial charge is 0.271 e. The molecule has 10 heteroatoms. The van der Waals surface area contributed by atoms with E-state index in [-0.39, 0.29) is 33.9 Å². The quantitative estimate of drug-likeness (QED) is 0.631. The standard InChI is InChI=1S/C12H16ClN3O4S.ClH/c1-14-7-9-4-5-15(8-9)21(19,20)12-3-2-10(16(17)18)6-11(12)13;/h2-3,6,9,14H,4-5,7-8H2,1H3;1H. The molecule has 1 heterocycles. The Morgan fingerprint density at radius 2 is 2.18 bits per heavy atom. The summed E-state index contributed by atoms with van der Waals surface area (Å²) in [5.41, 5.74) is -0.228. The van der Waals surface area contributed by atoms with Gasteiger partial charge in [0.05, 0.1) is 9.95 Å². The molecule has 0 bridgehead atoms. The first kappa shape index (κ1) is 19.1. The molecule has 0 aromatic heterocycles. The fraction of sp³-hybridized carbons (Fsp3) is 0.500. The molecule has 124 valence electrons. The predicted molar refractivity (Wildman–Crippen MR) is 86.1 cm³/mol. The molecule has 1 atom stereocenters. The minimum atomic E-state index is -3.71. The van der Waals surface area contributed by atoms with Gasteiger partial charge in [0.25, 0.3) is 5.69 Å². The summed E-state index contributed by atoms with van der Waals surface area (Å²) in [5, 5.41) is 13.6. The lowest BCUT2D eigenvalue weighted by Gasteiger charge is -2.17. The van der Waals surface area contributed by atoms with Gasteiger partial charge in [0.15, 0.2) is 0 Å². The zero-order valence-corrected chi connectivity index (χ0v) is 14.2. The summed E-state index contributed by atoms with van der Waals surface area (Å²) >= 11 is 5.91. The van der Waals surface area contributed by atoms with Crippen LogP contribution in [-0.4, -0.2) is 44.3 Å². The van der Waals surface area contributed by atoms with Gasteiger partial charge in [0.1, 0.15) is 4.90 Å². The number of nitrogens with one attached hydrogen (secondary N) is 1. The molecule has 1 aromatic carbocycles. The second kappa shape index (κ2) is 7.56. The first-order chi connectivity index (χ1) is 9.86. The van der Waals surface area contributed by atoms with Crippen molar-refractivity contribution in [3.05, 3.63) is 33.3 Å². The first-order valence-electron chi connectivity index (χ1n) is 6.45. The molecule has 1 aliphatic rings. The van der Waals surface area contributed by atoms with Crippen molar-refractivity contribution >= 4 is 39.7 Å². The molecule has 2 rings (SSSR count). The van der Waals surface area contributed by atoms with Crippen LogP contribution in [0.4, 0.5) is 5.69 Å². The second-order valence-corrected chi connectivity index (χ2v) is 7.26. The van der Waals surface area contributed by atoms with Crippen molar-refractivity contribution in [1.82, 2.24) is 9.62 Å². The highest BCUT2D eigenvalue weighted by atomic mass is 35.5. The van der Waals surface area contributed by atoms with Gasteiger partial charge >= 0.3 is 0 Å². The number of nitro benzene ring substituents is 1. The Labute approximate surface area is 140 Å². The molecule has 1 aliphatic heterocycles. The molecule has 0 amide bonds. The number of sulfonamides is 1. The maximum absolute atomic E-state index is 12.5. The summed E-state index contributed by atoms with van der Waals surface area (Å²) in [7, 11) is -1.89. The Balaban J connectivity index is 0.00000242. The van der Waals surface area contributed by atoms with Gasteiger partial charge in [-0.1, -0.05) is 11.6 Å². The topological polar surface area (TPSA) is 92.6 Å². The maximum atomic E-state index is 12.5. The van der Waals surface area contributed by atoms with E-state index in [1.54, 1.807) is 0 Å². The van der Waals surface area contributed by atoms with E-state index in [0.29, 0.717) is 13.1 Å². The average molecular weight is 370 g/mol. The molecule has 0 aliphatic carbocycles. The van der Waals surface area contributed by atoms with Gasteiger partial charge in [0.2, 0.25) is 10.0 Å². The molecule has 0 saturated carbocycles. The Morgan fingerprint density at radius 3 is 2.73 bits per heavy atom. The summed E-state index contributed by atoms with van der Waals surface area (Å²) < 4.78 is 26.5. The highest BCUT2D eigenvalue weighted by molar-refractivity contribution is 7.89. The van der Waals surface area contributed by atoms with Crippen molar-refractivity contribution in [2.45, 2.75) is 11.3 Å². The van der Waals surface area contributed by atoms with Crippen LogP contribution in [0, 0.1) is 16.0 Å². The molecule has 1 saturated heterocycles. The van der Waals surface area contributed by atoms with Crippen molar-refractivity contribution in [2.75, 3.05) is 26.7 Å². The molecular weight excluding hydrogens is 353 g/mol. The Hall–Kier alpha value is -0.930. The van der Waals surface area contributed by atoms with Gasteiger partial charge in [0, 0.05) is 25.2 Å². The van der Waals surface area contributed by atoms with Gasteiger partial charge in [-0.3, -0.25) is 10.1 Å². The van der Waals surface area contributed by atoms with E-state index >= 15 is 0 Å². The van der Waals surface area contributed by atoms with Crippen LogP contribution < -0.4 is 5.32 Å². The number of benzene rings is 1. The molecular formula is C12H17Cl2N3O4S. The van der Waals surface area contributed by atoms with Crippen molar-refractivity contribution < 1.29 is 13.3 Å². The van der Waals surface area contributed by atoms with Crippen LogP contribution in [0.3, 0.4) is 0 Å². The monoisotopic (exact) mass is 369 g/mol. The van der Waals surface area contributed by atoms with E-state index in [0.717, 1.165) is 25.1 Å². The van der Waals surface area contributed by atoms with Gasteiger partial charge in [-0.05, 0) is 32.0 Å². The number of non-ortho nitro benzene ring substituents is 1. The lowest BCUT2D eigenvalue weighted by Crippen LogP contribution is -2.30. The zero-order chi connectivity index (χ0) is 15.6. The fourth-order valence-electron chi connectivity index (χ4n) is 2.42. The molecule has 0 spiro atoms. The highest BCUT2D eigenvalue weighted by Gasteiger charge is 2.33. The van der Waals surface area contributed by atoms with Crippen LogP contribution in [0.25, 0.3) is 0 Å². The van der Waals surface area contributed by atoms with Gasteiger partial charge in [-0.15, -0.1) is 12.4 Å². The Kier molecular flexibility index (Phi) is 6.57. The predicted octanol–water partition coefficient (Wildman–Crippen LogP) is 1.90. The summed E-state index contributed by atoms with van der Waals surface area (Å²) in [6.07, 6.45) is 0.782. The Bertz CT molecular complexity index is 654. The van der Waals surface area contributed by atoms with Crippen molar-refractivity contribution in [1.29, 1.82) is 0 Å². The van der Waals surface area contributed by atoms with Gasteiger partial charge in [-0.25, -0.2) is 8.42 Å². The number of nitrogens with zero attached hydrogens (tertiary/aromatic N) is 2. The second-order valence-electron chi connectivity index (χ2n) is 4.95. The molecule has 0 radical (unpaired) electrons. The van der Waals surface area contributed by atoms with E-state index in [2.05, 4.69) is 5.32 Å². The number of hydrogen-bond acceptors (Lipinski definition) is 5. The molecule has 1 N–H and O–H groups in total. The summed E-state index contributed by atoms with van der Waals surface area (Å²) in [5.74, 6) is 0.265. The van der Waals surface area contributed by atoms with Crippen LogP contribution in [0.2, 0.25) is 5.02 Å². The molecule has 1 unspecified atom stereocenters. The van der Waals surface area contributed by atoms with Crippen LogP contribution in [0.5, 0.6) is 0 Å². The van der Waals surface area contributed by atoms with E-state index in [9.17, 15) is 18.5 Å². The lowest BCUT2D eigenvalue weighted by atomic mass is 10.1. The van der Waals surface area contributed by atoms with Crippen molar-refractivity contribution in [3.63, 3.8) is 0 Å². The minimum absolute atomic E-state index is 0. The van der Waals surface area contributed by atoms with E-state index in [1.165, 1.54) is 10.4 Å². The number of halogens is 2. The van der Waals surface area contributed by atoms with E-state index in [4.69, 9.17) is 11.6 Å². The largest absolute Gasteiger partial charge is 0.319 e. The molecule has 1 aromatic rings. The maximum Gasteiger partial charge on any atom is 0.271 e. The average Bonchev–Trinajstić information content (AvgIpc) is 2.88.